The highest BCUT2D eigenvalue weighted by Gasteiger charge is 2.33. The number of benzene rings is 2. The van der Waals surface area contributed by atoms with Crippen LogP contribution in [0.4, 0.5) is 0 Å². The number of piperidine rings is 1. The van der Waals surface area contributed by atoms with Crippen LogP contribution in [-0.4, -0.2) is 53.2 Å². The third-order valence-corrected chi connectivity index (χ3v) is 8.65. The van der Waals surface area contributed by atoms with Gasteiger partial charge >= 0.3 is 0 Å². The van der Waals surface area contributed by atoms with E-state index in [1.807, 2.05) is 56.3 Å². The number of aliphatic hydroxyl groups is 1. The molecule has 2 aromatic carbocycles. The Kier molecular flexibility index (Phi) is 10.2. The van der Waals surface area contributed by atoms with E-state index in [0.29, 0.717) is 49.6 Å². The van der Waals surface area contributed by atoms with Gasteiger partial charge in [0.1, 0.15) is 11.3 Å². The number of likely N-dealkylation sites (tertiary alicyclic amines) is 1. The van der Waals surface area contributed by atoms with Gasteiger partial charge in [0.05, 0.1) is 29.9 Å². The largest absolute Gasteiger partial charge is 0.388 e. The standard InChI is InChI=1S/C31H34ClN7O3.2ClH/c1-19-26(20(2)42-36-19)23-8-9-24(25(32)14-23)16-38-12-10-31(41,11-13-38)17-39-18-34-27-28(30(39)40)35-37(3)29(27)22-6-4-21(15-33)5-7-22;;/h4-9,14,18,41H,10-13,15-17,33H2,1-3H3;2*1H. The van der Waals surface area contributed by atoms with E-state index in [1.165, 1.54) is 10.9 Å². The normalized spacial score (nSPS) is 14.8. The molecule has 5 aromatic rings. The van der Waals surface area contributed by atoms with Gasteiger partial charge in [-0.1, -0.05) is 53.2 Å². The van der Waals surface area contributed by atoms with Crippen LogP contribution in [0.1, 0.15) is 35.4 Å². The molecular weight excluding hydrogens is 625 g/mol. The van der Waals surface area contributed by atoms with Crippen LogP contribution >= 0.6 is 36.4 Å². The second-order valence-corrected chi connectivity index (χ2v) is 11.7. The summed E-state index contributed by atoms with van der Waals surface area (Å²) in [6.45, 7) is 6.46. The number of fused-ring (bicyclic) bond motifs is 1. The molecule has 1 aliphatic heterocycles. The van der Waals surface area contributed by atoms with Crippen LogP contribution in [0.15, 0.2) is 58.1 Å². The van der Waals surface area contributed by atoms with E-state index in [4.69, 9.17) is 21.9 Å². The Hall–Kier alpha value is -3.25. The average Bonchev–Trinajstić information content (AvgIpc) is 3.50. The molecule has 4 heterocycles. The van der Waals surface area contributed by atoms with E-state index in [-0.39, 0.29) is 42.4 Å². The van der Waals surface area contributed by atoms with Crippen molar-refractivity contribution < 1.29 is 9.63 Å². The van der Waals surface area contributed by atoms with Crippen molar-refractivity contribution in [3.63, 3.8) is 0 Å². The molecule has 1 fully saturated rings. The van der Waals surface area contributed by atoms with Gasteiger partial charge in [0, 0.05) is 49.4 Å². The summed E-state index contributed by atoms with van der Waals surface area (Å²) >= 11 is 6.68. The lowest BCUT2D eigenvalue weighted by Crippen LogP contribution is -2.47. The summed E-state index contributed by atoms with van der Waals surface area (Å²) in [4.78, 5) is 20.3. The maximum absolute atomic E-state index is 13.4. The van der Waals surface area contributed by atoms with Crippen LogP contribution < -0.4 is 11.3 Å². The zero-order valence-electron chi connectivity index (χ0n) is 24.8. The van der Waals surface area contributed by atoms with Crippen molar-refractivity contribution in [3.05, 3.63) is 86.7 Å². The summed E-state index contributed by atoms with van der Waals surface area (Å²) in [6, 6.07) is 13.9. The molecular formula is C31H36Cl3N7O3. The molecule has 3 aromatic heterocycles. The van der Waals surface area contributed by atoms with Gasteiger partial charge in [-0.05, 0) is 49.4 Å². The predicted octanol–water partition coefficient (Wildman–Crippen LogP) is 5.05. The molecule has 13 heteroatoms. The van der Waals surface area contributed by atoms with Gasteiger partial charge in [-0.25, -0.2) is 4.98 Å². The maximum atomic E-state index is 13.4. The van der Waals surface area contributed by atoms with Gasteiger partial charge in [-0.2, -0.15) is 5.10 Å². The minimum Gasteiger partial charge on any atom is -0.388 e. The lowest BCUT2D eigenvalue weighted by molar-refractivity contribution is -0.0364. The first-order valence-corrected chi connectivity index (χ1v) is 14.4. The number of hydrogen-bond acceptors (Lipinski definition) is 8. The molecule has 1 aliphatic rings. The summed E-state index contributed by atoms with van der Waals surface area (Å²) in [5.74, 6) is 0.765. The van der Waals surface area contributed by atoms with Crippen molar-refractivity contribution in [1.82, 2.24) is 29.4 Å². The lowest BCUT2D eigenvalue weighted by atomic mass is 9.91. The minimum atomic E-state index is -1.03. The molecule has 0 aliphatic carbocycles. The predicted molar refractivity (Wildman–Crippen MR) is 176 cm³/mol. The topological polar surface area (TPSA) is 128 Å². The van der Waals surface area contributed by atoms with Crippen molar-refractivity contribution in [2.45, 2.75) is 51.9 Å². The van der Waals surface area contributed by atoms with Crippen LogP contribution in [-0.2, 0) is 26.7 Å². The molecule has 0 saturated carbocycles. The number of nitrogens with two attached hydrogens (primary N) is 1. The highest BCUT2D eigenvalue weighted by Crippen LogP contribution is 2.32. The monoisotopic (exact) mass is 659 g/mol. The molecule has 0 spiro atoms. The average molecular weight is 661 g/mol. The summed E-state index contributed by atoms with van der Waals surface area (Å²) in [7, 11) is 1.80. The zero-order valence-corrected chi connectivity index (χ0v) is 27.2. The molecule has 0 bridgehead atoms. The Balaban J connectivity index is 0.00000221. The van der Waals surface area contributed by atoms with E-state index in [2.05, 4.69) is 20.1 Å². The number of nitrogens with zero attached hydrogens (tertiary/aromatic N) is 6. The third kappa shape index (κ3) is 6.42. The van der Waals surface area contributed by atoms with E-state index in [0.717, 1.165) is 45.0 Å². The van der Waals surface area contributed by atoms with Crippen molar-refractivity contribution in [1.29, 1.82) is 0 Å². The molecule has 3 N–H and O–H groups in total. The molecule has 234 valence electrons. The molecule has 0 atom stereocenters. The molecule has 44 heavy (non-hydrogen) atoms. The first-order chi connectivity index (χ1) is 20.2. The van der Waals surface area contributed by atoms with Crippen LogP contribution in [0.5, 0.6) is 0 Å². The summed E-state index contributed by atoms with van der Waals surface area (Å²) in [5, 5.41) is 20.7. The lowest BCUT2D eigenvalue weighted by Gasteiger charge is -2.38. The molecule has 6 rings (SSSR count). The summed E-state index contributed by atoms with van der Waals surface area (Å²) < 4.78 is 8.47. The van der Waals surface area contributed by atoms with Crippen LogP contribution in [0, 0.1) is 13.8 Å². The van der Waals surface area contributed by atoms with Gasteiger partial charge in [-0.15, -0.1) is 24.8 Å². The van der Waals surface area contributed by atoms with E-state index in [1.54, 1.807) is 11.7 Å². The fourth-order valence-corrected chi connectivity index (χ4v) is 6.14. The van der Waals surface area contributed by atoms with Crippen molar-refractivity contribution in [2.75, 3.05) is 13.1 Å². The maximum Gasteiger partial charge on any atom is 0.281 e. The van der Waals surface area contributed by atoms with Gasteiger partial charge in [0.15, 0.2) is 5.52 Å². The Bertz CT molecular complexity index is 1800. The number of aromatic nitrogens is 5. The van der Waals surface area contributed by atoms with Gasteiger partial charge in [0.2, 0.25) is 0 Å². The first-order valence-electron chi connectivity index (χ1n) is 14.0. The number of rotatable bonds is 7. The highest BCUT2D eigenvalue weighted by molar-refractivity contribution is 6.31. The molecule has 0 unspecified atom stereocenters. The van der Waals surface area contributed by atoms with Crippen molar-refractivity contribution in [2.24, 2.45) is 12.8 Å². The van der Waals surface area contributed by atoms with Gasteiger partial charge in [-0.3, -0.25) is 18.9 Å². The van der Waals surface area contributed by atoms with E-state index >= 15 is 0 Å². The summed E-state index contributed by atoms with van der Waals surface area (Å²) in [6.07, 6.45) is 2.56. The molecule has 0 radical (unpaired) electrons. The fourth-order valence-electron chi connectivity index (χ4n) is 5.90. The van der Waals surface area contributed by atoms with Gasteiger partial charge in [0.25, 0.3) is 5.56 Å². The smallest absolute Gasteiger partial charge is 0.281 e. The molecule has 10 nitrogen and oxygen atoms in total. The van der Waals surface area contributed by atoms with Gasteiger partial charge < -0.3 is 15.4 Å². The second kappa shape index (κ2) is 13.4. The first kappa shape index (κ1) is 33.6. The van der Waals surface area contributed by atoms with Crippen LogP contribution in [0.25, 0.3) is 33.4 Å². The Morgan fingerprint density at radius 2 is 1.73 bits per heavy atom. The number of aryl methyl sites for hydroxylation is 3. The Morgan fingerprint density at radius 1 is 1.05 bits per heavy atom. The molecule has 0 amide bonds. The Labute approximate surface area is 272 Å². The SMILES string of the molecule is Cc1noc(C)c1-c1ccc(CN2CCC(O)(Cn3cnc4c(-c5ccc(CN)cc5)n(C)nc4c3=O)CC2)c(Cl)c1.Cl.Cl. The van der Waals surface area contributed by atoms with Crippen LogP contribution in [0.2, 0.25) is 5.02 Å². The fraction of sp³-hybridized carbons (Fsp3) is 0.355. The van der Waals surface area contributed by atoms with E-state index < -0.39 is 5.60 Å². The van der Waals surface area contributed by atoms with E-state index in [9.17, 15) is 9.90 Å². The summed E-state index contributed by atoms with van der Waals surface area (Å²) in [5.41, 5.74) is 11.8. The highest BCUT2D eigenvalue weighted by atomic mass is 35.5. The second-order valence-electron chi connectivity index (χ2n) is 11.3. The van der Waals surface area contributed by atoms with Crippen LogP contribution in [0.3, 0.4) is 0 Å². The number of hydrogen-bond donors (Lipinski definition) is 2. The number of halogens is 3. The minimum absolute atomic E-state index is 0. The van der Waals surface area contributed by atoms with Crippen molar-refractivity contribution in [3.8, 4) is 22.4 Å². The molecule has 1 saturated heterocycles. The van der Waals surface area contributed by atoms with Crippen molar-refractivity contribution >= 4 is 47.4 Å². The third-order valence-electron chi connectivity index (χ3n) is 8.30. The Morgan fingerprint density at radius 3 is 2.34 bits per heavy atom. The zero-order chi connectivity index (χ0) is 29.6. The quantitative estimate of drug-likeness (QED) is 0.248.